The Hall–Kier alpha value is -0.420. The van der Waals surface area contributed by atoms with Gasteiger partial charge in [-0.3, -0.25) is 4.90 Å². The topological polar surface area (TPSA) is 38.5 Å². The van der Waals surface area contributed by atoms with Gasteiger partial charge in [0.15, 0.2) is 0 Å². The van der Waals surface area contributed by atoms with E-state index in [1.165, 1.54) is 9.75 Å². The second kappa shape index (κ2) is 7.11. The lowest BCUT2D eigenvalue weighted by atomic mass is 10.1. The fraction of sp³-hybridized carbons (Fsp3) is 0.692. The summed E-state index contributed by atoms with van der Waals surface area (Å²) in [4.78, 5) is 5.03. The standard InChI is InChI=1S/C13H24N2OS/c1-10-6-7-12(17-10)13(11(2)14)15(3)8-5-9-16-4/h6-7,11,13H,5,8-9,14H2,1-4H3. The summed E-state index contributed by atoms with van der Waals surface area (Å²) in [5, 5.41) is 0. The largest absolute Gasteiger partial charge is 0.385 e. The molecule has 3 nitrogen and oxygen atoms in total. The van der Waals surface area contributed by atoms with Crippen LogP contribution in [0.1, 0.15) is 29.1 Å². The highest BCUT2D eigenvalue weighted by atomic mass is 32.1. The average molecular weight is 256 g/mol. The van der Waals surface area contributed by atoms with Gasteiger partial charge in [-0.1, -0.05) is 0 Å². The van der Waals surface area contributed by atoms with Gasteiger partial charge in [0.2, 0.25) is 0 Å². The van der Waals surface area contributed by atoms with Gasteiger partial charge in [-0.2, -0.15) is 0 Å². The van der Waals surface area contributed by atoms with Crippen LogP contribution < -0.4 is 5.73 Å². The summed E-state index contributed by atoms with van der Waals surface area (Å²) in [6.45, 7) is 6.03. The maximum atomic E-state index is 6.12. The van der Waals surface area contributed by atoms with E-state index in [2.05, 4.69) is 37.9 Å². The summed E-state index contributed by atoms with van der Waals surface area (Å²) >= 11 is 1.84. The van der Waals surface area contributed by atoms with Crippen molar-refractivity contribution in [3.8, 4) is 0 Å². The van der Waals surface area contributed by atoms with Crippen LogP contribution in [0.2, 0.25) is 0 Å². The smallest absolute Gasteiger partial charge is 0.0588 e. The molecule has 1 rings (SSSR count). The molecule has 2 atom stereocenters. The van der Waals surface area contributed by atoms with E-state index in [1.807, 2.05) is 11.3 Å². The molecule has 0 spiro atoms. The number of methoxy groups -OCH3 is 1. The molecule has 1 aromatic heterocycles. The van der Waals surface area contributed by atoms with Crippen LogP contribution in [-0.2, 0) is 4.74 Å². The number of rotatable bonds is 7. The Kier molecular flexibility index (Phi) is 6.12. The van der Waals surface area contributed by atoms with Crippen LogP contribution in [0.25, 0.3) is 0 Å². The second-order valence-electron chi connectivity index (χ2n) is 4.58. The quantitative estimate of drug-likeness (QED) is 0.761. The van der Waals surface area contributed by atoms with Crippen molar-refractivity contribution >= 4 is 11.3 Å². The van der Waals surface area contributed by atoms with E-state index < -0.39 is 0 Å². The Morgan fingerprint density at radius 3 is 2.65 bits per heavy atom. The van der Waals surface area contributed by atoms with Gasteiger partial charge in [-0.25, -0.2) is 0 Å². The Morgan fingerprint density at radius 1 is 1.47 bits per heavy atom. The van der Waals surface area contributed by atoms with E-state index in [1.54, 1.807) is 7.11 Å². The molecule has 0 saturated heterocycles. The van der Waals surface area contributed by atoms with Gasteiger partial charge < -0.3 is 10.5 Å². The lowest BCUT2D eigenvalue weighted by molar-refractivity contribution is 0.159. The first-order chi connectivity index (χ1) is 8.06. The molecule has 98 valence electrons. The van der Waals surface area contributed by atoms with Crippen molar-refractivity contribution < 1.29 is 4.74 Å². The number of ether oxygens (including phenoxy) is 1. The van der Waals surface area contributed by atoms with Crippen LogP contribution in [0.15, 0.2) is 12.1 Å². The molecule has 1 aromatic rings. The number of aryl methyl sites for hydroxylation is 1. The Morgan fingerprint density at radius 2 is 2.18 bits per heavy atom. The van der Waals surface area contributed by atoms with E-state index in [-0.39, 0.29) is 6.04 Å². The summed E-state index contributed by atoms with van der Waals surface area (Å²) in [6.07, 6.45) is 1.04. The highest BCUT2D eigenvalue weighted by molar-refractivity contribution is 7.12. The summed E-state index contributed by atoms with van der Waals surface area (Å²) in [5.74, 6) is 0. The zero-order valence-corrected chi connectivity index (χ0v) is 12.1. The van der Waals surface area contributed by atoms with Gasteiger partial charge in [0.05, 0.1) is 6.04 Å². The third-order valence-electron chi connectivity index (χ3n) is 2.88. The lowest BCUT2D eigenvalue weighted by Crippen LogP contribution is -2.37. The van der Waals surface area contributed by atoms with Crippen LogP contribution in [0.5, 0.6) is 0 Å². The van der Waals surface area contributed by atoms with Crippen molar-refractivity contribution in [2.75, 3.05) is 27.3 Å². The molecule has 0 aliphatic heterocycles. The number of nitrogens with two attached hydrogens (primary N) is 1. The summed E-state index contributed by atoms with van der Waals surface area (Å²) in [7, 11) is 3.88. The molecule has 1 heterocycles. The lowest BCUT2D eigenvalue weighted by Gasteiger charge is -2.30. The Balaban J connectivity index is 2.65. The van der Waals surface area contributed by atoms with Crippen LogP contribution in [0.4, 0.5) is 0 Å². The van der Waals surface area contributed by atoms with Crippen LogP contribution >= 0.6 is 11.3 Å². The fourth-order valence-corrected chi connectivity index (χ4v) is 3.25. The average Bonchev–Trinajstić information content (AvgIpc) is 2.65. The zero-order valence-electron chi connectivity index (χ0n) is 11.3. The second-order valence-corrected chi connectivity index (χ2v) is 5.90. The highest BCUT2D eigenvalue weighted by Gasteiger charge is 2.22. The first-order valence-electron chi connectivity index (χ1n) is 6.07. The van der Waals surface area contributed by atoms with Crippen molar-refractivity contribution in [2.45, 2.75) is 32.4 Å². The first-order valence-corrected chi connectivity index (χ1v) is 6.89. The van der Waals surface area contributed by atoms with Gasteiger partial charge >= 0.3 is 0 Å². The maximum absolute atomic E-state index is 6.12. The molecule has 0 aliphatic carbocycles. The van der Waals surface area contributed by atoms with E-state index in [9.17, 15) is 0 Å². The molecule has 0 aromatic carbocycles. The third-order valence-corrected chi connectivity index (χ3v) is 3.96. The van der Waals surface area contributed by atoms with E-state index in [0.717, 1.165) is 19.6 Å². The molecular formula is C13H24N2OS. The van der Waals surface area contributed by atoms with Gasteiger partial charge in [0.25, 0.3) is 0 Å². The van der Waals surface area contributed by atoms with Gasteiger partial charge in [-0.05, 0) is 39.4 Å². The normalized spacial score (nSPS) is 15.2. The van der Waals surface area contributed by atoms with Crippen LogP contribution in [-0.4, -0.2) is 38.3 Å². The third kappa shape index (κ3) is 4.39. The van der Waals surface area contributed by atoms with Crippen LogP contribution in [0.3, 0.4) is 0 Å². The Labute approximate surface area is 109 Å². The van der Waals surface area contributed by atoms with Crippen molar-refractivity contribution in [3.05, 3.63) is 21.9 Å². The molecule has 17 heavy (non-hydrogen) atoms. The van der Waals surface area contributed by atoms with E-state index in [0.29, 0.717) is 6.04 Å². The van der Waals surface area contributed by atoms with Gasteiger partial charge in [0, 0.05) is 36.1 Å². The Bertz CT molecular complexity index is 325. The maximum Gasteiger partial charge on any atom is 0.0588 e. The molecule has 0 bridgehead atoms. The van der Waals surface area contributed by atoms with Crippen LogP contribution in [0, 0.1) is 6.92 Å². The predicted molar refractivity (Wildman–Crippen MR) is 74.6 cm³/mol. The number of thiophene rings is 1. The van der Waals surface area contributed by atoms with Gasteiger partial charge in [0.1, 0.15) is 0 Å². The zero-order chi connectivity index (χ0) is 12.8. The van der Waals surface area contributed by atoms with E-state index >= 15 is 0 Å². The minimum atomic E-state index is 0.139. The van der Waals surface area contributed by atoms with Crippen molar-refractivity contribution in [3.63, 3.8) is 0 Å². The van der Waals surface area contributed by atoms with Gasteiger partial charge in [-0.15, -0.1) is 11.3 Å². The summed E-state index contributed by atoms with van der Waals surface area (Å²) in [6, 6.07) is 4.81. The molecule has 0 aliphatic rings. The fourth-order valence-electron chi connectivity index (χ4n) is 2.09. The summed E-state index contributed by atoms with van der Waals surface area (Å²) in [5.41, 5.74) is 6.12. The summed E-state index contributed by atoms with van der Waals surface area (Å²) < 4.78 is 5.09. The molecule has 2 N–H and O–H groups in total. The molecule has 0 fully saturated rings. The predicted octanol–water partition coefficient (Wildman–Crippen LogP) is 2.41. The molecule has 4 heteroatoms. The minimum Gasteiger partial charge on any atom is -0.385 e. The number of hydrogen-bond donors (Lipinski definition) is 1. The molecule has 0 amide bonds. The van der Waals surface area contributed by atoms with Crippen molar-refractivity contribution in [1.82, 2.24) is 4.90 Å². The number of hydrogen-bond acceptors (Lipinski definition) is 4. The molecule has 0 saturated carbocycles. The molecular weight excluding hydrogens is 232 g/mol. The minimum absolute atomic E-state index is 0.139. The SMILES string of the molecule is COCCCN(C)C(c1ccc(C)s1)C(C)N. The molecule has 2 unspecified atom stereocenters. The van der Waals surface area contributed by atoms with E-state index in [4.69, 9.17) is 10.5 Å². The molecule has 0 radical (unpaired) electrons. The first kappa shape index (κ1) is 14.6. The van der Waals surface area contributed by atoms with Crippen molar-refractivity contribution in [1.29, 1.82) is 0 Å². The highest BCUT2D eigenvalue weighted by Crippen LogP contribution is 2.28. The monoisotopic (exact) mass is 256 g/mol. The number of likely N-dealkylation sites (N-methyl/N-ethyl adjacent to an activating group) is 1. The number of nitrogens with zero attached hydrogens (tertiary/aromatic N) is 1. The van der Waals surface area contributed by atoms with Crippen molar-refractivity contribution in [2.24, 2.45) is 5.73 Å².